The molecule has 0 unspecified atom stereocenters. The van der Waals surface area contributed by atoms with Crippen LogP contribution in [0.2, 0.25) is 0 Å². The van der Waals surface area contributed by atoms with Crippen molar-refractivity contribution in [2.24, 2.45) is 0 Å². The lowest BCUT2D eigenvalue weighted by molar-refractivity contribution is -0.118. The standard InChI is InChI=1S/C22H26N4OS/c1-4-12-23-21(27)15-28-22-25-24-20(14-18-8-6-5-7-9-18)26(22)19-11-10-16(2)17(3)13-19/h5-11,13H,4,12,14-15H2,1-3H3,(H,23,27). The molecule has 1 amide bonds. The molecule has 0 aliphatic heterocycles. The summed E-state index contributed by atoms with van der Waals surface area (Å²) in [4.78, 5) is 12.0. The molecule has 0 fully saturated rings. The van der Waals surface area contributed by atoms with Crippen LogP contribution < -0.4 is 5.32 Å². The van der Waals surface area contributed by atoms with E-state index in [2.05, 4.69) is 64.3 Å². The Morgan fingerprint density at radius 3 is 2.57 bits per heavy atom. The van der Waals surface area contributed by atoms with Gasteiger partial charge in [0, 0.05) is 18.7 Å². The van der Waals surface area contributed by atoms with Crippen LogP contribution in [-0.2, 0) is 11.2 Å². The SMILES string of the molecule is CCCNC(=O)CSc1nnc(Cc2ccccc2)n1-c1ccc(C)c(C)c1. The number of rotatable bonds is 8. The van der Waals surface area contributed by atoms with Gasteiger partial charge in [-0.3, -0.25) is 9.36 Å². The van der Waals surface area contributed by atoms with Crippen molar-refractivity contribution < 1.29 is 4.79 Å². The average Bonchev–Trinajstić information content (AvgIpc) is 3.10. The van der Waals surface area contributed by atoms with Gasteiger partial charge in [-0.05, 0) is 49.1 Å². The molecule has 1 N–H and O–H groups in total. The van der Waals surface area contributed by atoms with E-state index in [9.17, 15) is 4.79 Å². The number of carbonyl (C=O) groups excluding carboxylic acids is 1. The number of aromatic nitrogens is 3. The molecule has 0 bridgehead atoms. The number of carbonyl (C=O) groups is 1. The zero-order valence-corrected chi connectivity index (χ0v) is 17.4. The summed E-state index contributed by atoms with van der Waals surface area (Å²) in [6.07, 6.45) is 1.61. The van der Waals surface area contributed by atoms with E-state index in [1.807, 2.05) is 25.1 Å². The Bertz CT molecular complexity index is 937. The predicted octanol–water partition coefficient (Wildman–Crippen LogP) is 4.09. The van der Waals surface area contributed by atoms with Crippen molar-refractivity contribution in [3.63, 3.8) is 0 Å². The van der Waals surface area contributed by atoms with Crippen LogP contribution in [-0.4, -0.2) is 33.0 Å². The van der Waals surface area contributed by atoms with E-state index < -0.39 is 0 Å². The molecular formula is C22H26N4OS. The first-order valence-corrected chi connectivity index (χ1v) is 10.5. The number of hydrogen-bond acceptors (Lipinski definition) is 4. The van der Waals surface area contributed by atoms with E-state index >= 15 is 0 Å². The Hall–Kier alpha value is -2.60. The highest BCUT2D eigenvalue weighted by atomic mass is 32.2. The van der Waals surface area contributed by atoms with Crippen LogP contribution in [0.1, 0.15) is 35.9 Å². The van der Waals surface area contributed by atoms with Crippen molar-refractivity contribution in [2.75, 3.05) is 12.3 Å². The molecule has 1 aromatic heterocycles. The van der Waals surface area contributed by atoms with E-state index in [1.165, 1.54) is 28.5 Å². The number of benzene rings is 2. The summed E-state index contributed by atoms with van der Waals surface area (Å²) in [6.45, 7) is 6.94. The van der Waals surface area contributed by atoms with E-state index in [0.717, 1.165) is 23.1 Å². The van der Waals surface area contributed by atoms with Crippen molar-refractivity contribution in [3.8, 4) is 5.69 Å². The minimum absolute atomic E-state index is 0.0195. The third-order valence-electron chi connectivity index (χ3n) is 4.56. The van der Waals surface area contributed by atoms with Crippen LogP contribution in [0.5, 0.6) is 0 Å². The fourth-order valence-corrected chi connectivity index (χ4v) is 3.66. The molecule has 0 spiro atoms. The quantitative estimate of drug-likeness (QED) is 0.585. The molecule has 28 heavy (non-hydrogen) atoms. The highest BCUT2D eigenvalue weighted by Crippen LogP contribution is 2.25. The Morgan fingerprint density at radius 2 is 1.86 bits per heavy atom. The van der Waals surface area contributed by atoms with Gasteiger partial charge in [-0.15, -0.1) is 10.2 Å². The third kappa shape index (κ3) is 5.01. The van der Waals surface area contributed by atoms with Crippen molar-refractivity contribution in [2.45, 2.75) is 38.8 Å². The second kappa shape index (κ2) is 9.55. The first-order valence-electron chi connectivity index (χ1n) is 9.53. The first-order chi connectivity index (χ1) is 13.6. The van der Waals surface area contributed by atoms with Gasteiger partial charge in [0.2, 0.25) is 5.91 Å². The van der Waals surface area contributed by atoms with Gasteiger partial charge in [0.05, 0.1) is 5.75 Å². The van der Waals surface area contributed by atoms with Crippen LogP contribution in [0.4, 0.5) is 0 Å². The number of aryl methyl sites for hydroxylation is 2. The Morgan fingerprint density at radius 1 is 1.07 bits per heavy atom. The zero-order chi connectivity index (χ0) is 19.9. The van der Waals surface area contributed by atoms with Gasteiger partial charge in [0.25, 0.3) is 0 Å². The number of thioether (sulfide) groups is 1. The van der Waals surface area contributed by atoms with Crippen LogP contribution in [0.25, 0.3) is 5.69 Å². The van der Waals surface area contributed by atoms with E-state index in [1.54, 1.807) is 0 Å². The van der Waals surface area contributed by atoms with Crippen molar-refractivity contribution in [1.29, 1.82) is 0 Å². The molecule has 1 heterocycles. The zero-order valence-electron chi connectivity index (χ0n) is 16.6. The molecule has 0 atom stereocenters. The van der Waals surface area contributed by atoms with Gasteiger partial charge in [0.1, 0.15) is 5.82 Å². The summed E-state index contributed by atoms with van der Waals surface area (Å²) >= 11 is 1.42. The molecule has 0 saturated carbocycles. The molecule has 5 nitrogen and oxygen atoms in total. The summed E-state index contributed by atoms with van der Waals surface area (Å²) in [6, 6.07) is 16.6. The molecule has 146 valence electrons. The van der Waals surface area contributed by atoms with Crippen molar-refractivity contribution in [3.05, 3.63) is 71.0 Å². The normalized spacial score (nSPS) is 10.8. The summed E-state index contributed by atoms with van der Waals surface area (Å²) in [5, 5.41) is 12.5. The largest absolute Gasteiger partial charge is 0.355 e. The van der Waals surface area contributed by atoms with E-state index in [4.69, 9.17) is 0 Å². The van der Waals surface area contributed by atoms with Crippen molar-refractivity contribution in [1.82, 2.24) is 20.1 Å². The fourth-order valence-electron chi connectivity index (χ4n) is 2.86. The first kappa shape index (κ1) is 20.1. The predicted molar refractivity (Wildman–Crippen MR) is 114 cm³/mol. The summed E-state index contributed by atoms with van der Waals surface area (Å²) in [5.41, 5.74) is 4.66. The maximum absolute atomic E-state index is 12.0. The molecule has 6 heteroatoms. The monoisotopic (exact) mass is 394 g/mol. The number of nitrogens with one attached hydrogen (secondary N) is 1. The number of amides is 1. The van der Waals surface area contributed by atoms with Crippen molar-refractivity contribution >= 4 is 17.7 Å². The minimum atomic E-state index is 0.0195. The lowest BCUT2D eigenvalue weighted by Gasteiger charge is -2.12. The number of hydrogen-bond donors (Lipinski definition) is 1. The molecule has 3 aromatic rings. The molecule has 0 radical (unpaired) electrons. The topological polar surface area (TPSA) is 59.8 Å². The Kier molecular flexibility index (Phi) is 6.87. The van der Waals surface area contributed by atoms with E-state index in [-0.39, 0.29) is 5.91 Å². The molecule has 2 aromatic carbocycles. The van der Waals surface area contributed by atoms with Gasteiger partial charge in [0.15, 0.2) is 5.16 Å². The summed E-state index contributed by atoms with van der Waals surface area (Å²) in [7, 11) is 0. The fraction of sp³-hybridized carbons (Fsp3) is 0.318. The van der Waals surface area contributed by atoms with Gasteiger partial charge < -0.3 is 5.32 Å². The van der Waals surface area contributed by atoms with Crippen LogP contribution in [0, 0.1) is 13.8 Å². The lowest BCUT2D eigenvalue weighted by Crippen LogP contribution is -2.25. The molecule has 0 saturated heterocycles. The van der Waals surface area contributed by atoms with Gasteiger partial charge in [-0.1, -0.05) is 55.1 Å². The lowest BCUT2D eigenvalue weighted by atomic mass is 10.1. The molecule has 3 rings (SSSR count). The second-order valence-corrected chi connectivity index (χ2v) is 7.75. The Labute approximate surface area is 170 Å². The molecule has 0 aliphatic carbocycles. The molecular weight excluding hydrogens is 368 g/mol. The Balaban J connectivity index is 1.90. The molecule has 0 aliphatic rings. The highest BCUT2D eigenvalue weighted by Gasteiger charge is 2.16. The van der Waals surface area contributed by atoms with Crippen LogP contribution >= 0.6 is 11.8 Å². The van der Waals surface area contributed by atoms with E-state index in [0.29, 0.717) is 18.7 Å². The average molecular weight is 395 g/mol. The van der Waals surface area contributed by atoms with Gasteiger partial charge in [-0.2, -0.15) is 0 Å². The maximum Gasteiger partial charge on any atom is 0.230 e. The number of nitrogens with zero attached hydrogens (tertiary/aromatic N) is 3. The smallest absolute Gasteiger partial charge is 0.230 e. The second-order valence-electron chi connectivity index (χ2n) is 6.80. The van der Waals surface area contributed by atoms with Gasteiger partial charge in [-0.25, -0.2) is 0 Å². The minimum Gasteiger partial charge on any atom is -0.355 e. The van der Waals surface area contributed by atoms with Gasteiger partial charge >= 0.3 is 0 Å². The highest BCUT2D eigenvalue weighted by molar-refractivity contribution is 7.99. The maximum atomic E-state index is 12.0. The third-order valence-corrected chi connectivity index (χ3v) is 5.49. The van der Waals surface area contributed by atoms with Crippen LogP contribution in [0.3, 0.4) is 0 Å². The summed E-state index contributed by atoms with van der Waals surface area (Å²) in [5.74, 6) is 1.21. The summed E-state index contributed by atoms with van der Waals surface area (Å²) < 4.78 is 2.07. The van der Waals surface area contributed by atoms with Crippen LogP contribution in [0.15, 0.2) is 53.7 Å².